The molecule has 142 valence electrons. The molecule has 4 rings (SSSR count). The van der Waals surface area contributed by atoms with Gasteiger partial charge in [-0.2, -0.15) is 0 Å². The van der Waals surface area contributed by atoms with E-state index in [1.54, 1.807) is 6.20 Å². The average molecular weight is 393 g/mol. The van der Waals surface area contributed by atoms with Crippen LogP contribution in [0.5, 0.6) is 11.5 Å². The van der Waals surface area contributed by atoms with Crippen LogP contribution in [0.1, 0.15) is 23.6 Å². The Labute approximate surface area is 169 Å². The molecule has 4 aromatic rings. The number of fused-ring (bicyclic) bond motifs is 1. The van der Waals surface area contributed by atoms with Crippen molar-refractivity contribution in [3.63, 3.8) is 0 Å². The lowest BCUT2D eigenvalue weighted by atomic mass is 10.0. The number of nitrogens with zero attached hydrogens (tertiary/aromatic N) is 1. The maximum Gasteiger partial charge on any atom is 0.164 e. The number of H-pyrrole nitrogens is 1. The lowest BCUT2D eigenvalue weighted by Gasteiger charge is -2.16. The van der Waals surface area contributed by atoms with Gasteiger partial charge in [0.25, 0.3) is 0 Å². The van der Waals surface area contributed by atoms with Gasteiger partial charge in [0.1, 0.15) is 12.3 Å². The summed E-state index contributed by atoms with van der Waals surface area (Å²) >= 11 is 5.96. The molecule has 0 aliphatic rings. The number of rotatable bonds is 7. The average Bonchev–Trinajstić information content (AvgIpc) is 3.12. The van der Waals surface area contributed by atoms with Gasteiger partial charge in [-0.3, -0.25) is 0 Å². The van der Waals surface area contributed by atoms with E-state index in [9.17, 15) is 0 Å². The fourth-order valence-corrected chi connectivity index (χ4v) is 3.35. The standard InChI is InChI=1S/C23H21ClN2O2/c1-2-27-22-17(13-18-14-26-23-20(18)6-4-12-25-23)5-3-7-21(22)28-15-16-8-10-19(24)11-9-16/h3-12,14H,2,13,15H2,1H3,(H,25,26). The second-order valence-electron chi connectivity index (χ2n) is 6.48. The van der Waals surface area contributed by atoms with Crippen LogP contribution in [0.15, 0.2) is 67.0 Å². The normalized spacial score (nSPS) is 10.9. The van der Waals surface area contributed by atoms with Crippen molar-refractivity contribution in [2.45, 2.75) is 20.0 Å². The maximum atomic E-state index is 6.07. The number of ether oxygens (including phenoxy) is 2. The molecule has 2 aromatic heterocycles. The second-order valence-corrected chi connectivity index (χ2v) is 6.92. The lowest BCUT2D eigenvalue weighted by molar-refractivity contribution is 0.267. The number of pyridine rings is 1. The van der Waals surface area contributed by atoms with E-state index in [4.69, 9.17) is 21.1 Å². The van der Waals surface area contributed by atoms with Crippen LogP contribution in [0.4, 0.5) is 0 Å². The zero-order valence-corrected chi connectivity index (χ0v) is 16.4. The van der Waals surface area contributed by atoms with Gasteiger partial charge in [0.05, 0.1) is 6.61 Å². The molecule has 0 radical (unpaired) electrons. The van der Waals surface area contributed by atoms with Crippen LogP contribution in [0.3, 0.4) is 0 Å². The highest BCUT2D eigenvalue weighted by Crippen LogP contribution is 2.34. The number of aromatic nitrogens is 2. The van der Waals surface area contributed by atoms with Gasteiger partial charge < -0.3 is 14.5 Å². The summed E-state index contributed by atoms with van der Waals surface area (Å²) in [6.45, 7) is 3.01. The molecule has 0 unspecified atom stereocenters. The highest BCUT2D eigenvalue weighted by molar-refractivity contribution is 6.30. The first-order valence-corrected chi connectivity index (χ1v) is 9.65. The molecule has 0 amide bonds. The molecule has 1 N–H and O–H groups in total. The van der Waals surface area contributed by atoms with E-state index in [-0.39, 0.29) is 0 Å². The number of benzene rings is 2. The molecule has 0 fully saturated rings. The minimum atomic E-state index is 0.456. The minimum Gasteiger partial charge on any atom is -0.490 e. The summed E-state index contributed by atoms with van der Waals surface area (Å²) in [6, 6.07) is 17.7. The van der Waals surface area contributed by atoms with Crippen LogP contribution in [0.2, 0.25) is 5.02 Å². The molecular weight excluding hydrogens is 372 g/mol. The van der Waals surface area contributed by atoms with Gasteiger partial charge in [0.15, 0.2) is 11.5 Å². The van der Waals surface area contributed by atoms with E-state index in [1.165, 1.54) is 5.56 Å². The van der Waals surface area contributed by atoms with Crippen molar-refractivity contribution in [2.24, 2.45) is 0 Å². The van der Waals surface area contributed by atoms with Crippen molar-refractivity contribution in [1.82, 2.24) is 9.97 Å². The third-order valence-corrected chi connectivity index (χ3v) is 4.83. The summed E-state index contributed by atoms with van der Waals surface area (Å²) in [4.78, 5) is 7.60. The molecular formula is C23H21ClN2O2. The zero-order valence-electron chi connectivity index (χ0n) is 15.6. The lowest BCUT2D eigenvalue weighted by Crippen LogP contribution is -2.03. The number of nitrogens with one attached hydrogen (secondary N) is 1. The van der Waals surface area contributed by atoms with Crippen LogP contribution in [-0.4, -0.2) is 16.6 Å². The predicted molar refractivity (Wildman–Crippen MR) is 112 cm³/mol. The van der Waals surface area contributed by atoms with Gasteiger partial charge in [-0.1, -0.05) is 35.9 Å². The molecule has 2 heterocycles. The fraction of sp³-hybridized carbons (Fsp3) is 0.174. The Balaban J connectivity index is 1.60. The number of para-hydroxylation sites is 1. The molecule has 0 aliphatic heterocycles. The van der Waals surface area contributed by atoms with Crippen molar-refractivity contribution < 1.29 is 9.47 Å². The molecule has 0 bridgehead atoms. The fourth-order valence-electron chi connectivity index (χ4n) is 3.23. The van der Waals surface area contributed by atoms with Crippen molar-refractivity contribution in [2.75, 3.05) is 6.61 Å². The van der Waals surface area contributed by atoms with E-state index < -0.39 is 0 Å². The molecule has 28 heavy (non-hydrogen) atoms. The second kappa shape index (κ2) is 8.36. The van der Waals surface area contributed by atoms with Gasteiger partial charge >= 0.3 is 0 Å². The minimum absolute atomic E-state index is 0.456. The SMILES string of the molecule is CCOc1c(Cc2c[nH]c3ncccc23)cccc1OCc1ccc(Cl)cc1. The Morgan fingerprint density at radius 3 is 2.64 bits per heavy atom. The Kier molecular flexibility index (Phi) is 5.49. The van der Waals surface area contributed by atoms with Crippen molar-refractivity contribution in [1.29, 1.82) is 0 Å². The maximum absolute atomic E-state index is 6.07. The quantitative estimate of drug-likeness (QED) is 0.433. The first-order chi connectivity index (χ1) is 13.7. The van der Waals surface area contributed by atoms with E-state index in [1.807, 2.05) is 55.6 Å². The van der Waals surface area contributed by atoms with Crippen LogP contribution in [0.25, 0.3) is 11.0 Å². The van der Waals surface area contributed by atoms with Crippen molar-refractivity contribution in [3.05, 3.63) is 88.7 Å². The third kappa shape index (κ3) is 3.97. The third-order valence-electron chi connectivity index (χ3n) is 4.57. The Morgan fingerprint density at radius 1 is 0.964 bits per heavy atom. The number of aromatic amines is 1. The first-order valence-electron chi connectivity index (χ1n) is 9.27. The Morgan fingerprint density at radius 2 is 1.82 bits per heavy atom. The van der Waals surface area contributed by atoms with Gasteiger partial charge in [0.2, 0.25) is 0 Å². The summed E-state index contributed by atoms with van der Waals surface area (Å²) in [6.07, 6.45) is 4.53. The summed E-state index contributed by atoms with van der Waals surface area (Å²) < 4.78 is 12.0. The van der Waals surface area contributed by atoms with Gasteiger partial charge in [-0.25, -0.2) is 4.98 Å². The Bertz CT molecular complexity index is 1070. The van der Waals surface area contributed by atoms with E-state index in [0.29, 0.717) is 18.2 Å². The summed E-state index contributed by atoms with van der Waals surface area (Å²) in [5.41, 5.74) is 4.21. The molecule has 0 aliphatic carbocycles. The van der Waals surface area contributed by atoms with E-state index in [2.05, 4.69) is 22.1 Å². The summed E-state index contributed by atoms with van der Waals surface area (Å²) in [5, 5.41) is 1.84. The van der Waals surface area contributed by atoms with Crippen LogP contribution < -0.4 is 9.47 Å². The zero-order chi connectivity index (χ0) is 19.3. The predicted octanol–water partition coefficient (Wildman–Crippen LogP) is 5.78. The van der Waals surface area contributed by atoms with E-state index >= 15 is 0 Å². The van der Waals surface area contributed by atoms with Gasteiger partial charge in [-0.05, 0) is 48.4 Å². The van der Waals surface area contributed by atoms with Crippen LogP contribution >= 0.6 is 11.6 Å². The highest BCUT2D eigenvalue weighted by atomic mass is 35.5. The van der Waals surface area contributed by atoms with Crippen LogP contribution in [0, 0.1) is 0 Å². The van der Waals surface area contributed by atoms with E-state index in [0.717, 1.165) is 40.1 Å². The van der Waals surface area contributed by atoms with Crippen LogP contribution in [-0.2, 0) is 13.0 Å². The number of halogens is 1. The number of hydrogen-bond acceptors (Lipinski definition) is 3. The van der Waals surface area contributed by atoms with Gasteiger partial charge in [-0.15, -0.1) is 0 Å². The summed E-state index contributed by atoms with van der Waals surface area (Å²) in [7, 11) is 0. The topological polar surface area (TPSA) is 47.1 Å². The molecule has 5 heteroatoms. The molecule has 0 spiro atoms. The smallest absolute Gasteiger partial charge is 0.164 e. The largest absolute Gasteiger partial charge is 0.490 e. The molecule has 4 nitrogen and oxygen atoms in total. The van der Waals surface area contributed by atoms with Crippen molar-refractivity contribution in [3.8, 4) is 11.5 Å². The molecule has 0 atom stereocenters. The van der Waals surface area contributed by atoms with Gasteiger partial charge in [0, 0.05) is 34.8 Å². The summed E-state index contributed by atoms with van der Waals surface area (Å²) in [5.74, 6) is 1.53. The first kappa shape index (κ1) is 18.4. The Hall–Kier alpha value is -2.98. The monoisotopic (exact) mass is 392 g/mol. The molecule has 2 aromatic carbocycles. The van der Waals surface area contributed by atoms with Crippen molar-refractivity contribution >= 4 is 22.6 Å². The highest BCUT2D eigenvalue weighted by Gasteiger charge is 2.14. The molecule has 0 saturated heterocycles. The molecule has 0 saturated carbocycles. The number of hydrogen-bond donors (Lipinski definition) is 1.